The molecule has 0 aliphatic rings. The van der Waals surface area contributed by atoms with Crippen molar-refractivity contribution in [2.24, 2.45) is 0 Å². The third-order valence-electron chi connectivity index (χ3n) is 2.66. The Morgan fingerprint density at radius 2 is 1.16 bits per heavy atom. The first-order chi connectivity index (χ1) is 8.37. The predicted molar refractivity (Wildman–Crippen MR) is 51.0 cm³/mol. The SMILES string of the molecule is CCC(F)(F)C(F)(F)C(F)(F)C(F)(F)CCCCO. The van der Waals surface area contributed by atoms with Gasteiger partial charge in [0.2, 0.25) is 0 Å². The second-order valence-corrected chi connectivity index (χ2v) is 4.09. The van der Waals surface area contributed by atoms with Crippen LogP contribution in [-0.2, 0) is 0 Å². The Labute approximate surface area is 104 Å². The quantitative estimate of drug-likeness (QED) is 0.528. The average molecular weight is 302 g/mol. The van der Waals surface area contributed by atoms with E-state index < -0.39 is 49.6 Å². The van der Waals surface area contributed by atoms with Gasteiger partial charge >= 0.3 is 23.7 Å². The van der Waals surface area contributed by atoms with Crippen molar-refractivity contribution in [1.29, 1.82) is 0 Å². The van der Waals surface area contributed by atoms with Crippen LogP contribution >= 0.6 is 0 Å². The second-order valence-electron chi connectivity index (χ2n) is 4.09. The minimum Gasteiger partial charge on any atom is -0.396 e. The fourth-order valence-corrected chi connectivity index (χ4v) is 1.30. The minimum atomic E-state index is -6.17. The average Bonchev–Trinajstić information content (AvgIpc) is 2.28. The molecule has 0 aromatic rings. The van der Waals surface area contributed by atoms with Crippen LogP contribution in [-0.4, -0.2) is 35.4 Å². The first kappa shape index (κ1) is 18.4. The van der Waals surface area contributed by atoms with Gasteiger partial charge in [-0.15, -0.1) is 0 Å². The number of hydrogen-bond acceptors (Lipinski definition) is 1. The van der Waals surface area contributed by atoms with Gasteiger partial charge in [-0.05, 0) is 12.8 Å². The molecule has 0 unspecified atom stereocenters. The molecule has 0 amide bonds. The van der Waals surface area contributed by atoms with Gasteiger partial charge in [0.15, 0.2) is 0 Å². The fourth-order valence-electron chi connectivity index (χ4n) is 1.30. The Hall–Kier alpha value is -0.600. The van der Waals surface area contributed by atoms with E-state index in [0.29, 0.717) is 6.92 Å². The lowest BCUT2D eigenvalue weighted by molar-refractivity contribution is -0.367. The van der Waals surface area contributed by atoms with Crippen molar-refractivity contribution in [3.8, 4) is 0 Å². The van der Waals surface area contributed by atoms with Crippen LogP contribution in [0.15, 0.2) is 0 Å². The van der Waals surface area contributed by atoms with E-state index in [9.17, 15) is 35.1 Å². The third kappa shape index (κ3) is 3.29. The van der Waals surface area contributed by atoms with Crippen LogP contribution in [0.5, 0.6) is 0 Å². The van der Waals surface area contributed by atoms with E-state index in [2.05, 4.69) is 0 Å². The molecule has 0 radical (unpaired) electrons. The van der Waals surface area contributed by atoms with E-state index >= 15 is 0 Å². The lowest BCUT2D eigenvalue weighted by Crippen LogP contribution is -2.61. The Bertz CT molecular complexity index is 289. The Morgan fingerprint density at radius 1 is 0.737 bits per heavy atom. The molecule has 0 heterocycles. The van der Waals surface area contributed by atoms with Crippen LogP contribution < -0.4 is 0 Å². The van der Waals surface area contributed by atoms with E-state index in [1.165, 1.54) is 0 Å². The summed E-state index contributed by atoms with van der Waals surface area (Å²) in [5.74, 6) is -22.9. The molecule has 0 saturated heterocycles. The summed E-state index contributed by atoms with van der Waals surface area (Å²) in [5.41, 5.74) is 0. The van der Waals surface area contributed by atoms with Crippen molar-refractivity contribution >= 4 is 0 Å². The summed E-state index contributed by atoms with van der Waals surface area (Å²) >= 11 is 0. The zero-order valence-corrected chi connectivity index (χ0v) is 10.0. The normalized spacial score (nSPS) is 14.8. The number of rotatable bonds is 8. The number of halogens is 8. The van der Waals surface area contributed by atoms with Gasteiger partial charge in [0, 0.05) is 19.4 Å². The molecule has 0 saturated carbocycles. The zero-order valence-electron chi connectivity index (χ0n) is 10.0. The van der Waals surface area contributed by atoms with Crippen molar-refractivity contribution in [2.75, 3.05) is 6.61 Å². The third-order valence-corrected chi connectivity index (χ3v) is 2.66. The Kier molecular flexibility index (Phi) is 5.62. The predicted octanol–water partition coefficient (Wildman–Crippen LogP) is 4.10. The first-order valence-corrected chi connectivity index (χ1v) is 5.49. The highest BCUT2D eigenvalue weighted by Crippen LogP contribution is 2.54. The lowest BCUT2D eigenvalue weighted by Gasteiger charge is -2.36. The van der Waals surface area contributed by atoms with E-state index in [-0.39, 0.29) is 6.42 Å². The Morgan fingerprint density at radius 3 is 1.53 bits per heavy atom. The number of aliphatic hydroxyl groups is 1. The van der Waals surface area contributed by atoms with Crippen LogP contribution in [0.25, 0.3) is 0 Å². The highest BCUT2D eigenvalue weighted by Gasteiger charge is 2.79. The number of aliphatic hydroxyl groups excluding tert-OH is 1. The monoisotopic (exact) mass is 302 g/mol. The van der Waals surface area contributed by atoms with Crippen LogP contribution in [0.3, 0.4) is 0 Å². The van der Waals surface area contributed by atoms with Crippen molar-refractivity contribution in [3.05, 3.63) is 0 Å². The van der Waals surface area contributed by atoms with Crippen LogP contribution in [0, 0.1) is 0 Å². The van der Waals surface area contributed by atoms with Crippen LogP contribution in [0.4, 0.5) is 35.1 Å². The maximum atomic E-state index is 13.0. The van der Waals surface area contributed by atoms with Gasteiger partial charge < -0.3 is 5.11 Å². The molecule has 0 aliphatic carbocycles. The van der Waals surface area contributed by atoms with Crippen molar-refractivity contribution in [2.45, 2.75) is 56.3 Å². The van der Waals surface area contributed by atoms with E-state index in [4.69, 9.17) is 5.11 Å². The summed E-state index contributed by atoms with van der Waals surface area (Å²) in [4.78, 5) is 0. The molecule has 1 N–H and O–H groups in total. The zero-order chi connectivity index (χ0) is 15.5. The van der Waals surface area contributed by atoms with Gasteiger partial charge in [0.1, 0.15) is 0 Å². The highest BCUT2D eigenvalue weighted by atomic mass is 19.4. The maximum Gasteiger partial charge on any atom is 0.378 e. The highest BCUT2D eigenvalue weighted by molar-refractivity contribution is 5.02. The van der Waals surface area contributed by atoms with Gasteiger partial charge in [-0.25, -0.2) is 0 Å². The summed E-state index contributed by atoms with van der Waals surface area (Å²) in [6.07, 6.45) is -4.41. The molecule has 19 heavy (non-hydrogen) atoms. The molecule has 0 rings (SSSR count). The van der Waals surface area contributed by atoms with Crippen molar-refractivity contribution < 1.29 is 40.2 Å². The largest absolute Gasteiger partial charge is 0.396 e. The molecule has 9 heteroatoms. The molecule has 116 valence electrons. The van der Waals surface area contributed by atoms with Gasteiger partial charge in [-0.3, -0.25) is 0 Å². The van der Waals surface area contributed by atoms with Gasteiger partial charge in [-0.2, -0.15) is 35.1 Å². The number of alkyl halides is 8. The summed E-state index contributed by atoms with van der Waals surface area (Å²) in [5, 5.41) is 8.29. The van der Waals surface area contributed by atoms with E-state index in [1.54, 1.807) is 0 Å². The number of hydrogen-bond donors (Lipinski definition) is 1. The smallest absolute Gasteiger partial charge is 0.378 e. The topological polar surface area (TPSA) is 20.2 Å². The van der Waals surface area contributed by atoms with Crippen LogP contribution in [0.2, 0.25) is 0 Å². The summed E-state index contributed by atoms with van der Waals surface area (Å²) in [6, 6.07) is 0. The molecule has 0 spiro atoms. The molecule has 0 aromatic heterocycles. The van der Waals surface area contributed by atoms with Crippen molar-refractivity contribution in [1.82, 2.24) is 0 Å². The maximum absolute atomic E-state index is 13.0. The Balaban J connectivity index is 5.22. The molecular formula is C10H14F8O. The molecule has 0 fully saturated rings. The molecule has 0 aliphatic heterocycles. The number of unbranched alkanes of at least 4 members (excludes halogenated alkanes) is 1. The van der Waals surface area contributed by atoms with E-state index in [0.717, 1.165) is 0 Å². The minimum absolute atomic E-state index is 0.318. The first-order valence-electron chi connectivity index (χ1n) is 5.49. The fraction of sp³-hybridized carbons (Fsp3) is 1.00. The molecular weight excluding hydrogens is 288 g/mol. The second kappa shape index (κ2) is 5.80. The summed E-state index contributed by atoms with van der Waals surface area (Å²) < 4.78 is 104. The van der Waals surface area contributed by atoms with Gasteiger partial charge in [0.25, 0.3) is 0 Å². The van der Waals surface area contributed by atoms with Gasteiger partial charge in [0.05, 0.1) is 0 Å². The summed E-state index contributed by atoms with van der Waals surface area (Å²) in [6.45, 7) is -0.100. The molecule has 0 bridgehead atoms. The standard InChI is InChI=1S/C10H14F8O/c1-2-7(11,12)9(15,16)10(17,18)8(13,14)5-3-4-6-19/h19H,2-6H2,1H3. The van der Waals surface area contributed by atoms with E-state index in [1.807, 2.05) is 0 Å². The molecule has 1 nitrogen and oxygen atoms in total. The summed E-state index contributed by atoms with van der Waals surface area (Å²) in [7, 11) is 0. The van der Waals surface area contributed by atoms with Crippen molar-refractivity contribution in [3.63, 3.8) is 0 Å². The molecule has 0 aromatic carbocycles. The molecule has 0 atom stereocenters. The van der Waals surface area contributed by atoms with Gasteiger partial charge in [-0.1, -0.05) is 6.92 Å². The lowest BCUT2D eigenvalue weighted by atomic mass is 9.94. The van der Waals surface area contributed by atoms with Crippen LogP contribution in [0.1, 0.15) is 32.6 Å².